The molecule has 0 radical (unpaired) electrons. The molecule has 2 N–H and O–H groups in total. The molecule has 0 bridgehead atoms. The number of alkyl halides is 3. The van der Waals surface area contributed by atoms with E-state index in [4.69, 9.17) is 9.47 Å². The summed E-state index contributed by atoms with van der Waals surface area (Å²) in [7, 11) is 4.21. The van der Waals surface area contributed by atoms with Gasteiger partial charge in [-0.15, -0.1) is 0 Å². The third kappa shape index (κ3) is 3.78. The molecule has 1 aliphatic rings. The molecule has 11 heteroatoms. The summed E-state index contributed by atoms with van der Waals surface area (Å²) in [5, 5.41) is 19.7. The molecule has 2 aromatic carbocycles. The summed E-state index contributed by atoms with van der Waals surface area (Å²) >= 11 is 0. The van der Waals surface area contributed by atoms with Gasteiger partial charge in [0, 0.05) is 42.7 Å². The zero-order valence-corrected chi connectivity index (χ0v) is 18.2. The third-order valence-electron chi connectivity index (χ3n) is 5.38. The van der Waals surface area contributed by atoms with Crippen LogP contribution in [0.2, 0.25) is 0 Å². The van der Waals surface area contributed by atoms with Gasteiger partial charge in [-0.25, -0.2) is 0 Å². The molecule has 4 rings (SSSR count). The predicted octanol–water partition coefficient (Wildman–Crippen LogP) is 3.78. The summed E-state index contributed by atoms with van der Waals surface area (Å²) in [5.74, 6) is -2.78. The summed E-state index contributed by atoms with van der Waals surface area (Å²) < 4.78 is 54.4. The van der Waals surface area contributed by atoms with Crippen LogP contribution in [0.3, 0.4) is 0 Å². The second-order valence-electron chi connectivity index (χ2n) is 7.80. The van der Waals surface area contributed by atoms with Crippen molar-refractivity contribution in [3.05, 3.63) is 52.9 Å². The number of benzene rings is 2. The number of hydrogen-bond acceptors (Lipinski definition) is 6. The summed E-state index contributed by atoms with van der Waals surface area (Å²) in [6, 6.07) is 6.21. The van der Waals surface area contributed by atoms with Crippen molar-refractivity contribution in [2.75, 3.05) is 21.2 Å². The van der Waals surface area contributed by atoms with Gasteiger partial charge >= 0.3 is 6.18 Å². The number of aromatic hydroxyl groups is 2. The average Bonchev–Trinajstić information content (AvgIpc) is 3.22. The molecule has 178 valence electrons. The maximum absolute atomic E-state index is 14.3. The molecule has 0 aliphatic carbocycles. The molecule has 0 saturated carbocycles. The van der Waals surface area contributed by atoms with Gasteiger partial charge in [-0.1, -0.05) is 0 Å². The highest BCUT2D eigenvalue weighted by Gasteiger charge is 2.40. The molecule has 8 nitrogen and oxygen atoms in total. The van der Waals surface area contributed by atoms with Gasteiger partial charge < -0.3 is 29.2 Å². The van der Waals surface area contributed by atoms with E-state index in [2.05, 4.69) is 0 Å². The molecule has 1 amide bonds. The molecule has 1 aromatic heterocycles. The number of carbonyl (C=O) groups is 2. The first-order chi connectivity index (χ1) is 15.9. The van der Waals surface area contributed by atoms with E-state index in [0.717, 1.165) is 22.8 Å². The number of nitrogens with zero attached hydrogens (tertiary/aromatic N) is 2. The number of phenols is 2. The predicted molar refractivity (Wildman–Crippen MR) is 115 cm³/mol. The van der Waals surface area contributed by atoms with Gasteiger partial charge in [0.1, 0.15) is 40.8 Å². The smallest absolute Gasteiger partial charge is 0.432 e. The van der Waals surface area contributed by atoms with Gasteiger partial charge in [-0.2, -0.15) is 13.2 Å². The second kappa shape index (κ2) is 8.01. The lowest BCUT2D eigenvalue weighted by Gasteiger charge is -2.16. The highest BCUT2D eigenvalue weighted by Crippen LogP contribution is 2.44. The zero-order valence-electron chi connectivity index (χ0n) is 18.2. The van der Waals surface area contributed by atoms with E-state index in [9.17, 15) is 33.0 Å². The van der Waals surface area contributed by atoms with Crippen LogP contribution in [0.15, 0.2) is 36.1 Å². The van der Waals surface area contributed by atoms with Crippen LogP contribution in [-0.4, -0.2) is 52.6 Å². The fraction of sp³-hybridized carbons (Fsp3) is 0.217. The first-order valence-corrected chi connectivity index (χ1v) is 9.90. The van der Waals surface area contributed by atoms with E-state index < -0.39 is 47.2 Å². The molecule has 1 aliphatic heterocycles. The van der Waals surface area contributed by atoms with Crippen molar-refractivity contribution < 1.29 is 42.4 Å². The lowest BCUT2D eigenvalue weighted by atomic mass is 10.1. The van der Waals surface area contributed by atoms with Crippen LogP contribution in [0.5, 0.6) is 23.0 Å². The molecule has 3 aromatic rings. The maximum atomic E-state index is 14.3. The number of carbonyl (C=O) groups excluding carboxylic acids is 2. The van der Waals surface area contributed by atoms with Crippen molar-refractivity contribution >= 4 is 28.7 Å². The van der Waals surface area contributed by atoms with Gasteiger partial charge in [0.2, 0.25) is 11.7 Å². The maximum Gasteiger partial charge on any atom is 0.432 e. The van der Waals surface area contributed by atoms with Crippen LogP contribution in [0.4, 0.5) is 13.2 Å². The molecule has 0 unspecified atom stereocenters. The fourth-order valence-electron chi connectivity index (χ4n) is 3.79. The lowest BCUT2D eigenvalue weighted by Crippen LogP contribution is -2.28. The van der Waals surface area contributed by atoms with Gasteiger partial charge in [-0.3, -0.25) is 9.59 Å². The number of likely N-dealkylation sites (N-methyl/N-ethyl adjacent to an activating group) is 1. The third-order valence-corrected chi connectivity index (χ3v) is 5.38. The SMILES string of the molecule is COc1ccc2c(c1)c(C=C1Oc3cc(O)cc(O)c3C1=O)c(C(F)(F)F)n2CC(=O)N(C)C. The number of allylic oxidation sites excluding steroid dienone is 1. The molecule has 0 saturated heterocycles. The number of halogens is 3. The minimum atomic E-state index is -4.90. The normalized spacial score (nSPS) is 14.4. The number of ether oxygens (including phenoxy) is 2. The Morgan fingerprint density at radius 2 is 1.91 bits per heavy atom. The van der Waals surface area contributed by atoms with Crippen molar-refractivity contribution in [2.24, 2.45) is 0 Å². The van der Waals surface area contributed by atoms with Crippen LogP contribution < -0.4 is 9.47 Å². The second-order valence-corrected chi connectivity index (χ2v) is 7.80. The number of aromatic nitrogens is 1. The first-order valence-electron chi connectivity index (χ1n) is 9.90. The summed E-state index contributed by atoms with van der Waals surface area (Å²) in [6.45, 7) is -0.600. The Labute approximate surface area is 191 Å². The number of phenolic OH excluding ortho intramolecular Hbond substituents is 2. The number of Topliss-reactive ketones (excluding diaryl/α,β-unsaturated/α-hetero) is 1. The van der Waals surface area contributed by atoms with Crippen molar-refractivity contribution in [1.29, 1.82) is 0 Å². The minimum absolute atomic E-state index is 0.0742. The highest BCUT2D eigenvalue weighted by molar-refractivity contribution is 6.17. The number of methoxy groups -OCH3 is 1. The van der Waals surface area contributed by atoms with E-state index in [1.54, 1.807) is 0 Å². The van der Waals surface area contributed by atoms with Gasteiger partial charge in [0.05, 0.1) is 7.11 Å². The van der Waals surface area contributed by atoms with Crippen LogP contribution >= 0.6 is 0 Å². The fourth-order valence-corrected chi connectivity index (χ4v) is 3.79. The monoisotopic (exact) mass is 476 g/mol. The topological polar surface area (TPSA) is 101 Å². The Balaban J connectivity index is 1.99. The summed E-state index contributed by atoms with van der Waals surface area (Å²) in [4.78, 5) is 26.3. The van der Waals surface area contributed by atoms with E-state index in [1.807, 2.05) is 0 Å². The van der Waals surface area contributed by atoms with Crippen LogP contribution in [0.25, 0.3) is 17.0 Å². The standard InChI is InChI=1S/C23H19F3N2O6/c1-27(2)19(31)10-28-15-5-4-12(33-3)8-13(15)14(22(28)23(24,25)26)9-18-21(32)20-16(30)6-11(29)7-17(20)34-18/h4-9,29-30H,10H2,1-3H3. The van der Waals surface area contributed by atoms with E-state index in [0.29, 0.717) is 0 Å². The van der Waals surface area contributed by atoms with Crippen LogP contribution in [-0.2, 0) is 17.5 Å². The molecular weight excluding hydrogens is 457 g/mol. The molecule has 0 atom stereocenters. The van der Waals surface area contributed by atoms with Crippen molar-refractivity contribution in [3.8, 4) is 23.0 Å². The largest absolute Gasteiger partial charge is 0.508 e. The molecule has 34 heavy (non-hydrogen) atoms. The molecular formula is C23H19F3N2O6. The van der Waals surface area contributed by atoms with Crippen LogP contribution in [0, 0.1) is 0 Å². The molecule has 2 heterocycles. The zero-order chi connectivity index (χ0) is 24.9. The van der Waals surface area contributed by atoms with Gasteiger partial charge in [-0.05, 0) is 24.3 Å². The minimum Gasteiger partial charge on any atom is -0.508 e. The lowest BCUT2D eigenvalue weighted by molar-refractivity contribution is -0.144. The van der Waals surface area contributed by atoms with E-state index >= 15 is 0 Å². The Morgan fingerprint density at radius 3 is 2.53 bits per heavy atom. The van der Waals surface area contributed by atoms with Crippen LogP contribution in [0.1, 0.15) is 21.6 Å². The average molecular weight is 476 g/mol. The number of amides is 1. The molecule has 0 fully saturated rings. The number of fused-ring (bicyclic) bond motifs is 2. The van der Waals surface area contributed by atoms with Crippen molar-refractivity contribution in [3.63, 3.8) is 0 Å². The van der Waals surface area contributed by atoms with E-state index in [1.165, 1.54) is 44.3 Å². The number of rotatable bonds is 4. The number of ketones is 1. The summed E-state index contributed by atoms with van der Waals surface area (Å²) in [5.41, 5.74) is -1.74. The summed E-state index contributed by atoms with van der Waals surface area (Å²) in [6.07, 6.45) is -3.99. The first kappa shape index (κ1) is 23.0. The Kier molecular flexibility index (Phi) is 5.42. The Hall–Kier alpha value is -4.15. The number of hydrogen-bond donors (Lipinski definition) is 2. The molecule has 0 spiro atoms. The van der Waals surface area contributed by atoms with Gasteiger partial charge in [0.25, 0.3) is 0 Å². The van der Waals surface area contributed by atoms with Crippen molar-refractivity contribution in [1.82, 2.24) is 9.47 Å². The Morgan fingerprint density at radius 1 is 1.21 bits per heavy atom. The van der Waals surface area contributed by atoms with Crippen molar-refractivity contribution in [2.45, 2.75) is 12.7 Å². The van der Waals surface area contributed by atoms with Gasteiger partial charge in [0.15, 0.2) is 5.76 Å². The highest BCUT2D eigenvalue weighted by atomic mass is 19.4. The Bertz CT molecular complexity index is 1370. The van der Waals surface area contributed by atoms with E-state index in [-0.39, 0.29) is 33.7 Å². The quantitative estimate of drug-likeness (QED) is 0.556.